The lowest BCUT2D eigenvalue weighted by atomic mass is 9.98. The highest BCUT2D eigenvalue weighted by Gasteiger charge is 2.01. The van der Waals surface area contributed by atoms with Crippen LogP contribution in [0.3, 0.4) is 0 Å². The van der Waals surface area contributed by atoms with Crippen LogP contribution in [0.5, 0.6) is 0 Å². The summed E-state index contributed by atoms with van der Waals surface area (Å²) in [7, 11) is 0. The lowest BCUT2D eigenvalue weighted by molar-refractivity contribution is -0.109. The molecule has 19 heavy (non-hydrogen) atoms. The molecule has 2 aromatic rings. The van der Waals surface area contributed by atoms with Gasteiger partial charge in [0.05, 0.1) is 0 Å². The number of hydrazine groups is 1. The van der Waals surface area contributed by atoms with Crippen molar-refractivity contribution in [3.63, 3.8) is 0 Å². The highest BCUT2D eigenvalue weighted by atomic mass is 16.1. The molecule has 0 unspecified atom stereocenters. The number of rotatable bonds is 4. The maximum Gasteiger partial charge on any atom is 0.221 e. The van der Waals surface area contributed by atoms with Crippen molar-refractivity contribution in [2.24, 2.45) is 5.84 Å². The van der Waals surface area contributed by atoms with Crippen molar-refractivity contribution in [1.82, 2.24) is 5.43 Å². The van der Waals surface area contributed by atoms with E-state index in [0.29, 0.717) is 6.41 Å². The smallest absolute Gasteiger partial charge is 0.221 e. The maximum atomic E-state index is 8.94. The molecule has 2 aromatic carbocycles. The summed E-state index contributed by atoms with van der Waals surface area (Å²) in [5.41, 5.74) is 5.66. The number of hydrogen-bond donors (Lipinski definition) is 2. The first-order valence-electron chi connectivity index (χ1n) is 5.97. The van der Waals surface area contributed by atoms with E-state index >= 15 is 0 Å². The van der Waals surface area contributed by atoms with Gasteiger partial charge in [0.2, 0.25) is 6.41 Å². The van der Waals surface area contributed by atoms with Crippen molar-refractivity contribution in [3.8, 4) is 11.1 Å². The van der Waals surface area contributed by atoms with Crippen LogP contribution in [0.2, 0.25) is 0 Å². The minimum atomic E-state index is 0.403. The molecule has 98 valence electrons. The Morgan fingerprint density at radius 1 is 1.05 bits per heavy atom. The standard InChI is InChI=1S/C15H14.CH4N2O/c1-2-8-13-11-6-7-12-15(13)14-9-4-3-5-10-14;2-3-1-4/h2-7,9-12H,1,8H2;1H,2H2,(H,3,4). The van der Waals surface area contributed by atoms with E-state index in [0.717, 1.165) is 6.42 Å². The van der Waals surface area contributed by atoms with Gasteiger partial charge >= 0.3 is 0 Å². The van der Waals surface area contributed by atoms with Crippen molar-refractivity contribution in [2.45, 2.75) is 6.42 Å². The summed E-state index contributed by atoms with van der Waals surface area (Å²) in [6, 6.07) is 18.9. The van der Waals surface area contributed by atoms with Crippen LogP contribution in [0.1, 0.15) is 5.56 Å². The molecule has 1 amide bonds. The minimum absolute atomic E-state index is 0.403. The summed E-state index contributed by atoms with van der Waals surface area (Å²) in [5, 5.41) is 0. The fourth-order valence-electron chi connectivity index (χ4n) is 1.75. The lowest BCUT2D eigenvalue weighted by Gasteiger charge is -2.07. The molecule has 3 heteroatoms. The Kier molecular flexibility index (Phi) is 6.69. The van der Waals surface area contributed by atoms with Crippen LogP contribution in [0.4, 0.5) is 0 Å². The first kappa shape index (κ1) is 14.7. The Hall–Kier alpha value is -2.39. The van der Waals surface area contributed by atoms with Crippen LogP contribution in [0.15, 0.2) is 67.3 Å². The predicted molar refractivity (Wildman–Crippen MR) is 79.2 cm³/mol. The molecular formula is C16H18N2O. The number of carbonyl (C=O) groups is 1. The van der Waals surface area contributed by atoms with Gasteiger partial charge in [-0.1, -0.05) is 60.7 Å². The number of carbonyl (C=O) groups excluding carboxylic acids is 1. The zero-order valence-corrected chi connectivity index (χ0v) is 10.8. The van der Waals surface area contributed by atoms with Gasteiger partial charge in [0.15, 0.2) is 0 Å². The van der Waals surface area contributed by atoms with Gasteiger partial charge in [0.25, 0.3) is 0 Å². The highest BCUT2D eigenvalue weighted by molar-refractivity contribution is 5.67. The first-order valence-corrected chi connectivity index (χ1v) is 5.97. The van der Waals surface area contributed by atoms with Crippen LogP contribution in [-0.4, -0.2) is 6.41 Å². The third kappa shape index (κ3) is 4.77. The van der Waals surface area contributed by atoms with E-state index < -0.39 is 0 Å². The van der Waals surface area contributed by atoms with Crippen molar-refractivity contribution in [1.29, 1.82) is 0 Å². The van der Waals surface area contributed by atoms with Gasteiger partial charge in [0, 0.05) is 0 Å². The molecule has 0 heterocycles. The Bertz CT molecular complexity index is 509. The molecule has 0 aliphatic rings. The van der Waals surface area contributed by atoms with Gasteiger partial charge in [-0.15, -0.1) is 6.58 Å². The van der Waals surface area contributed by atoms with Gasteiger partial charge in [0.1, 0.15) is 0 Å². The average molecular weight is 254 g/mol. The number of benzene rings is 2. The molecule has 2 rings (SSSR count). The largest absolute Gasteiger partial charge is 0.297 e. The second-order valence-electron chi connectivity index (χ2n) is 3.80. The van der Waals surface area contributed by atoms with Crippen LogP contribution in [0.25, 0.3) is 11.1 Å². The molecule has 0 aliphatic carbocycles. The molecule has 0 radical (unpaired) electrons. The summed E-state index contributed by atoms with van der Waals surface area (Å²) in [4.78, 5) is 8.94. The first-order chi connectivity index (χ1) is 9.33. The number of allylic oxidation sites excluding steroid dienone is 1. The van der Waals surface area contributed by atoms with E-state index in [1.807, 2.05) is 12.1 Å². The second kappa shape index (κ2) is 8.66. The number of nitrogens with two attached hydrogens (primary N) is 1. The fourth-order valence-corrected chi connectivity index (χ4v) is 1.75. The van der Waals surface area contributed by atoms with E-state index in [1.165, 1.54) is 16.7 Å². The highest BCUT2D eigenvalue weighted by Crippen LogP contribution is 2.23. The van der Waals surface area contributed by atoms with Gasteiger partial charge in [-0.05, 0) is 23.1 Å². The summed E-state index contributed by atoms with van der Waals surface area (Å²) in [6.07, 6.45) is 3.27. The van der Waals surface area contributed by atoms with E-state index in [4.69, 9.17) is 4.79 Å². The molecule has 0 atom stereocenters. The number of amides is 1. The Morgan fingerprint density at radius 2 is 1.63 bits per heavy atom. The summed E-state index contributed by atoms with van der Waals surface area (Å²) < 4.78 is 0. The second-order valence-corrected chi connectivity index (χ2v) is 3.80. The SMILES string of the molecule is C=CCc1ccccc1-c1ccccc1.NNC=O. The van der Waals surface area contributed by atoms with Gasteiger partial charge in [-0.3, -0.25) is 10.2 Å². The van der Waals surface area contributed by atoms with Gasteiger partial charge in [-0.2, -0.15) is 0 Å². The topological polar surface area (TPSA) is 55.1 Å². The van der Waals surface area contributed by atoms with Crippen molar-refractivity contribution in [3.05, 3.63) is 72.8 Å². The molecule has 0 fully saturated rings. The van der Waals surface area contributed by atoms with Crippen LogP contribution < -0.4 is 11.3 Å². The van der Waals surface area contributed by atoms with E-state index in [2.05, 4.69) is 61.0 Å². The number of nitrogens with one attached hydrogen (secondary N) is 1. The van der Waals surface area contributed by atoms with Gasteiger partial charge in [-0.25, -0.2) is 5.84 Å². The molecule has 0 saturated carbocycles. The fraction of sp³-hybridized carbons (Fsp3) is 0.0625. The molecule has 0 aromatic heterocycles. The molecule has 0 spiro atoms. The van der Waals surface area contributed by atoms with Crippen LogP contribution in [0, 0.1) is 0 Å². The van der Waals surface area contributed by atoms with E-state index in [1.54, 1.807) is 5.43 Å². The normalized spacial score (nSPS) is 8.89. The third-order valence-electron chi connectivity index (χ3n) is 2.53. The monoisotopic (exact) mass is 254 g/mol. The Balaban J connectivity index is 0.000000399. The maximum absolute atomic E-state index is 8.94. The predicted octanol–water partition coefficient (Wildman–Crippen LogP) is 2.69. The molecule has 0 aliphatic heterocycles. The van der Waals surface area contributed by atoms with Crippen LogP contribution in [-0.2, 0) is 11.2 Å². The molecular weight excluding hydrogens is 236 g/mol. The Morgan fingerprint density at radius 3 is 2.21 bits per heavy atom. The summed E-state index contributed by atoms with van der Waals surface area (Å²) >= 11 is 0. The summed E-state index contributed by atoms with van der Waals surface area (Å²) in [5.74, 6) is 4.41. The molecule has 3 nitrogen and oxygen atoms in total. The van der Waals surface area contributed by atoms with Crippen LogP contribution >= 0.6 is 0 Å². The van der Waals surface area contributed by atoms with E-state index in [-0.39, 0.29) is 0 Å². The van der Waals surface area contributed by atoms with Crippen molar-refractivity contribution >= 4 is 6.41 Å². The molecule has 3 N–H and O–H groups in total. The molecule has 0 bridgehead atoms. The van der Waals surface area contributed by atoms with Crippen molar-refractivity contribution in [2.75, 3.05) is 0 Å². The van der Waals surface area contributed by atoms with Crippen molar-refractivity contribution < 1.29 is 4.79 Å². The third-order valence-corrected chi connectivity index (χ3v) is 2.53. The lowest BCUT2D eigenvalue weighted by Crippen LogP contribution is -2.18. The number of hydrogen-bond acceptors (Lipinski definition) is 2. The van der Waals surface area contributed by atoms with E-state index in [9.17, 15) is 0 Å². The average Bonchev–Trinajstić information content (AvgIpc) is 2.49. The van der Waals surface area contributed by atoms with Gasteiger partial charge < -0.3 is 0 Å². The Labute approximate surface area is 113 Å². The minimum Gasteiger partial charge on any atom is -0.297 e. The zero-order chi connectivity index (χ0) is 13.9. The molecule has 0 saturated heterocycles. The quantitative estimate of drug-likeness (QED) is 0.290. The summed E-state index contributed by atoms with van der Waals surface area (Å²) in [6.45, 7) is 3.79. The zero-order valence-electron chi connectivity index (χ0n) is 10.8.